The van der Waals surface area contributed by atoms with E-state index in [0.717, 1.165) is 19.0 Å². The third-order valence-corrected chi connectivity index (χ3v) is 3.67. The van der Waals surface area contributed by atoms with Crippen LogP contribution in [0.3, 0.4) is 0 Å². The highest BCUT2D eigenvalue weighted by Crippen LogP contribution is 2.42. The third-order valence-electron chi connectivity index (χ3n) is 3.67. The Hall–Kier alpha value is -1.08. The van der Waals surface area contributed by atoms with Crippen LogP contribution in [-0.4, -0.2) is 13.1 Å². The van der Waals surface area contributed by atoms with Crippen molar-refractivity contribution in [3.8, 4) is 0 Å². The van der Waals surface area contributed by atoms with Gasteiger partial charge in [-0.2, -0.15) is 0 Å². The summed E-state index contributed by atoms with van der Waals surface area (Å²) in [5.41, 5.74) is 4.48. The summed E-state index contributed by atoms with van der Waals surface area (Å²) in [6.45, 7) is 8.77. The molecule has 1 fully saturated rings. The minimum absolute atomic E-state index is 0.608. The van der Waals surface area contributed by atoms with Crippen LogP contribution in [-0.2, 0) is 0 Å². The van der Waals surface area contributed by atoms with E-state index in [0.29, 0.717) is 5.92 Å². The number of hydrogen-bond acceptors (Lipinski definition) is 1. The fraction of sp³-hybridized carbons (Fsp3) is 0.529. The third kappa shape index (κ3) is 3.46. The standard InChI is InChI=1S/C17H25N/c1-4-18-12-16(13(2)3)11-15-7-5-6-8-17(15)14-9-10-14/h5-8,11,13-14,18H,4,9-10,12H2,1-3H3. The minimum atomic E-state index is 0.608. The average molecular weight is 243 g/mol. The summed E-state index contributed by atoms with van der Waals surface area (Å²) in [4.78, 5) is 0. The van der Waals surface area contributed by atoms with E-state index in [1.165, 1.54) is 24.0 Å². The summed E-state index contributed by atoms with van der Waals surface area (Å²) in [5, 5.41) is 3.45. The molecule has 0 aliphatic heterocycles. The maximum atomic E-state index is 3.45. The minimum Gasteiger partial charge on any atom is -0.313 e. The van der Waals surface area contributed by atoms with Crippen molar-refractivity contribution in [3.63, 3.8) is 0 Å². The first-order valence-electron chi connectivity index (χ1n) is 7.22. The van der Waals surface area contributed by atoms with Crippen LogP contribution in [0.2, 0.25) is 0 Å². The molecule has 0 aromatic heterocycles. The van der Waals surface area contributed by atoms with Crippen molar-refractivity contribution in [3.05, 3.63) is 41.0 Å². The Morgan fingerprint density at radius 2 is 2.06 bits per heavy atom. The molecule has 98 valence electrons. The Balaban J connectivity index is 2.22. The second-order valence-electron chi connectivity index (χ2n) is 5.56. The van der Waals surface area contributed by atoms with Crippen LogP contribution in [0.4, 0.5) is 0 Å². The molecule has 1 aromatic rings. The number of hydrogen-bond donors (Lipinski definition) is 1. The zero-order valence-electron chi connectivity index (χ0n) is 11.9. The van der Waals surface area contributed by atoms with E-state index < -0.39 is 0 Å². The lowest BCUT2D eigenvalue weighted by molar-refractivity contribution is 0.682. The van der Waals surface area contributed by atoms with Crippen LogP contribution in [0.15, 0.2) is 29.8 Å². The lowest BCUT2D eigenvalue weighted by Crippen LogP contribution is -2.18. The van der Waals surface area contributed by atoms with Gasteiger partial charge < -0.3 is 5.32 Å². The van der Waals surface area contributed by atoms with Gasteiger partial charge in [-0.05, 0) is 42.3 Å². The summed E-state index contributed by atoms with van der Waals surface area (Å²) < 4.78 is 0. The first-order chi connectivity index (χ1) is 8.72. The van der Waals surface area contributed by atoms with Gasteiger partial charge in [-0.3, -0.25) is 0 Å². The number of benzene rings is 1. The van der Waals surface area contributed by atoms with Gasteiger partial charge in [0, 0.05) is 6.54 Å². The van der Waals surface area contributed by atoms with E-state index in [4.69, 9.17) is 0 Å². The second kappa shape index (κ2) is 6.19. The molecular weight excluding hydrogens is 218 g/mol. The van der Waals surface area contributed by atoms with Gasteiger partial charge in [0.2, 0.25) is 0 Å². The molecule has 1 aliphatic carbocycles. The predicted octanol–water partition coefficient (Wildman–Crippen LogP) is 4.21. The van der Waals surface area contributed by atoms with Gasteiger partial charge in [0.15, 0.2) is 0 Å². The molecule has 1 nitrogen and oxygen atoms in total. The Morgan fingerprint density at radius 1 is 1.33 bits per heavy atom. The van der Waals surface area contributed by atoms with Crippen molar-refractivity contribution in [2.24, 2.45) is 5.92 Å². The van der Waals surface area contributed by atoms with E-state index in [2.05, 4.69) is 56.4 Å². The highest BCUT2D eigenvalue weighted by Gasteiger charge is 2.25. The first-order valence-corrected chi connectivity index (χ1v) is 7.22. The quantitative estimate of drug-likeness (QED) is 0.789. The largest absolute Gasteiger partial charge is 0.313 e. The monoisotopic (exact) mass is 243 g/mol. The molecular formula is C17H25N. The van der Waals surface area contributed by atoms with Crippen LogP contribution in [0.1, 0.15) is 50.7 Å². The molecule has 0 atom stereocenters. The van der Waals surface area contributed by atoms with Gasteiger partial charge in [0.1, 0.15) is 0 Å². The molecule has 0 bridgehead atoms. The van der Waals surface area contributed by atoms with Crippen LogP contribution in [0, 0.1) is 5.92 Å². The van der Waals surface area contributed by atoms with E-state index >= 15 is 0 Å². The Bertz CT molecular complexity index is 413. The lowest BCUT2D eigenvalue weighted by atomic mass is 9.96. The highest BCUT2D eigenvalue weighted by molar-refractivity contribution is 5.59. The highest BCUT2D eigenvalue weighted by atomic mass is 14.8. The number of likely N-dealkylation sites (N-methyl/N-ethyl adjacent to an activating group) is 1. The zero-order valence-corrected chi connectivity index (χ0v) is 11.9. The Kier molecular flexibility index (Phi) is 4.60. The molecule has 0 saturated heterocycles. The van der Waals surface area contributed by atoms with Gasteiger partial charge in [-0.25, -0.2) is 0 Å². The number of nitrogens with one attached hydrogen (secondary N) is 1. The molecule has 0 amide bonds. The molecule has 0 radical (unpaired) electrons. The first kappa shape index (κ1) is 13.4. The van der Waals surface area contributed by atoms with Crippen LogP contribution >= 0.6 is 0 Å². The molecule has 1 aromatic carbocycles. The molecule has 0 heterocycles. The molecule has 1 heteroatoms. The molecule has 0 spiro atoms. The SMILES string of the molecule is CCNCC(=Cc1ccccc1C1CC1)C(C)C. The lowest BCUT2D eigenvalue weighted by Gasteiger charge is -2.13. The normalized spacial score (nSPS) is 16.3. The van der Waals surface area contributed by atoms with E-state index in [1.54, 1.807) is 5.56 Å². The van der Waals surface area contributed by atoms with Crippen molar-refractivity contribution in [2.45, 2.75) is 39.5 Å². The fourth-order valence-electron chi connectivity index (χ4n) is 2.30. The second-order valence-corrected chi connectivity index (χ2v) is 5.56. The molecule has 0 unspecified atom stereocenters. The maximum Gasteiger partial charge on any atom is 0.0170 e. The van der Waals surface area contributed by atoms with E-state index in [9.17, 15) is 0 Å². The van der Waals surface area contributed by atoms with E-state index in [-0.39, 0.29) is 0 Å². The van der Waals surface area contributed by atoms with Crippen molar-refractivity contribution in [1.29, 1.82) is 0 Å². The molecule has 2 rings (SSSR count). The van der Waals surface area contributed by atoms with Crippen molar-refractivity contribution >= 4 is 6.08 Å². The van der Waals surface area contributed by atoms with Gasteiger partial charge in [0.25, 0.3) is 0 Å². The Labute approximate surface area is 111 Å². The van der Waals surface area contributed by atoms with Crippen LogP contribution < -0.4 is 5.32 Å². The van der Waals surface area contributed by atoms with Gasteiger partial charge in [-0.1, -0.05) is 56.7 Å². The Morgan fingerprint density at radius 3 is 2.67 bits per heavy atom. The summed E-state index contributed by atoms with van der Waals surface area (Å²) in [6.07, 6.45) is 5.14. The van der Waals surface area contributed by atoms with Gasteiger partial charge in [-0.15, -0.1) is 0 Å². The summed E-state index contributed by atoms with van der Waals surface area (Å²) in [7, 11) is 0. The predicted molar refractivity (Wildman–Crippen MR) is 79.8 cm³/mol. The van der Waals surface area contributed by atoms with Crippen LogP contribution in [0.25, 0.3) is 6.08 Å². The number of rotatable bonds is 6. The van der Waals surface area contributed by atoms with Crippen molar-refractivity contribution in [1.82, 2.24) is 5.32 Å². The van der Waals surface area contributed by atoms with Crippen LogP contribution in [0.5, 0.6) is 0 Å². The van der Waals surface area contributed by atoms with E-state index in [1.807, 2.05) is 0 Å². The van der Waals surface area contributed by atoms with Gasteiger partial charge >= 0.3 is 0 Å². The molecule has 1 N–H and O–H groups in total. The smallest absolute Gasteiger partial charge is 0.0170 e. The average Bonchev–Trinajstić information content (AvgIpc) is 3.18. The molecule has 1 aliphatic rings. The molecule has 1 saturated carbocycles. The zero-order chi connectivity index (χ0) is 13.0. The van der Waals surface area contributed by atoms with Crippen molar-refractivity contribution < 1.29 is 0 Å². The van der Waals surface area contributed by atoms with Crippen molar-refractivity contribution in [2.75, 3.05) is 13.1 Å². The topological polar surface area (TPSA) is 12.0 Å². The maximum absolute atomic E-state index is 3.45. The molecule has 18 heavy (non-hydrogen) atoms. The summed E-state index contributed by atoms with van der Waals surface area (Å²) in [5.74, 6) is 1.43. The fourth-order valence-corrected chi connectivity index (χ4v) is 2.30. The summed E-state index contributed by atoms with van der Waals surface area (Å²) >= 11 is 0. The summed E-state index contributed by atoms with van der Waals surface area (Å²) in [6, 6.07) is 8.89. The van der Waals surface area contributed by atoms with Gasteiger partial charge in [0.05, 0.1) is 0 Å².